The van der Waals surface area contributed by atoms with Crippen LogP contribution in [0.3, 0.4) is 0 Å². The zero-order chi connectivity index (χ0) is 20.5. The molecule has 0 fully saturated rings. The van der Waals surface area contributed by atoms with Crippen LogP contribution in [0, 0.1) is 0 Å². The largest absolute Gasteiger partial charge is 0.493 e. The van der Waals surface area contributed by atoms with Crippen molar-refractivity contribution in [3.63, 3.8) is 0 Å². The molecule has 0 heterocycles. The van der Waals surface area contributed by atoms with Gasteiger partial charge in [0.1, 0.15) is 5.75 Å². The van der Waals surface area contributed by atoms with Crippen LogP contribution in [0.25, 0.3) is 0 Å². The van der Waals surface area contributed by atoms with Crippen molar-refractivity contribution in [3.8, 4) is 5.75 Å². The Morgan fingerprint density at radius 2 is 1.96 bits per heavy atom. The summed E-state index contributed by atoms with van der Waals surface area (Å²) in [5.74, 6) is -0.0124. The molecule has 0 saturated heterocycles. The van der Waals surface area contributed by atoms with Gasteiger partial charge in [0, 0.05) is 28.6 Å². The first-order valence-corrected chi connectivity index (χ1v) is 9.93. The average Bonchev–Trinajstić information content (AvgIpc) is 2.66. The minimum Gasteiger partial charge on any atom is -0.493 e. The van der Waals surface area contributed by atoms with Gasteiger partial charge in [0.05, 0.1) is 22.9 Å². The molecule has 28 heavy (non-hydrogen) atoms. The van der Waals surface area contributed by atoms with Gasteiger partial charge in [-0.1, -0.05) is 39.1 Å². The molecular weight excluding hydrogens is 469 g/mol. The second kappa shape index (κ2) is 11.0. The van der Waals surface area contributed by atoms with E-state index in [0.717, 1.165) is 10.0 Å². The number of hydrogen-bond acceptors (Lipinski definition) is 4. The number of rotatable bonds is 8. The van der Waals surface area contributed by atoms with Crippen molar-refractivity contribution in [2.75, 3.05) is 13.2 Å². The summed E-state index contributed by atoms with van der Waals surface area (Å²) in [6.45, 7) is 2.56. The Morgan fingerprint density at radius 1 is 1.18 bits per heavy atom. The third-order valence-corrected chi connectivity index (χ3v) is 4.72. The zero-order valence-electron chi connectivity index (χ0n) is 15.0. The Bertz CT molecular complexity index is 891. The van der Waals surface area contributed by atoms with Gasteiger partial charge >= 0.3 is 0 Å². The van der Waals surface area contributed by atoms with Crippen LogP contribution in [0.4, 0.5) is 0 Å². The van der Waals surface area contributed by atoms with Gasteiger partial charge in [-0.25, -0.2) is 5.43 Å². The summed E-state index contributed by atoms with van der Waals surface area (Å²) < 4.78 is 6.38. The van der Waals surface area contributed by atoms with Crippen LogP contribution in [0.5, 0.6) is 5.75 Å². The molecular formula is C19H18BrCl2N3O3. The van der Waals surface area contributed by atoms with Crippen LogP contribution in [0.2, 0.25) is 10.0 Å². The van der Waals surface area contributed by atoms with Crippen molar-refractivity contribution in [2.24, 2.45) is 5.10 Å². The Morgan fingerprint density at radius 3 is 2.68 bits per heavy atom. The van der Waals surface area contributed by atoms with Crippen molar-refractivity contribution in [2.45, 2.75) is 13.3 Å². The SMILES string of the molecule is CCOc1ccc(Br)cc1C=NNC(=O)CCNC(=O)c1ccc(Cl)c(Cl)c1. The number of nitrogens with zero attached hydrogens (tertiary/aromatic N) is 1. The van der Waals surface area contributed by atoms with Crippen molar-refractivity contribution in [1.29, 1.82) is 0 Å². The summed E-state index contributed by atoms with van der Waals surface area (Å²) in [6.07, 6.45) is 1.57. The van der Waals surface area contributed by atoms with Crippen molar-refractivity contribution in [3.05, 3.63) is 62.0 Å². The lowest BCUT2D eigenvalue weighted by atomic mass is 10.2. The highest BCUT2D eigenvalue weighted by molar-refractivity contribution is 9.10. The average molecular weight is 487 g/mol. The van der Waals surface area contributed by atoms with Gasteiger partial charge in [-0.2, -0.15) is 5.10 Å². The van der Waals surface area contributed by atoms with Crippen molar-refractivity contribution in [1.82, 2.24) is 10.7 Å². The fourth-order valence-corrected chi connectivity index (χ4v) is 2.84. The lowest BCUT2D eigenvalue weighted by Crippen LogP contribution is -2.29. The number of carbonyl (C=O) groups excluding carboxylic acids is 2. The molecule has 2 aromatic rings. The maximum absolute atomic E-state index is 12.0. The predicted octanol–water partition coefficient (Wildman–Crippen LogP) is 4.42. The van der Waals surface area contributed by atoms with Gasteiger partial charge in [0.15, 0.2) is 0 Å². The van der Waals surface area contributed by atoms with Crippen LogP contribution < -0.4 is 15.5 Å². The molecule has 2 amide bonds. The molecule has 0 aromatic heterocycles. The Balaban J connectivity index is 1.81. The van der Waals surface area contributed by atoms with E-state index in [9.17, 15) is 9.59 Å². The molecule has 0 spiro atoms. The minimum atomic E-state index is -0.342. The predicted molar refractivity (Wildman–Crippen MR) is 114 cm³/mol. The van der Waals surface area contributed by atoms with Gasteiger partial charge < -0.3 is 10.1 Å². The third kappa shape index (κ3) is 6.82. The highest BCUT2D eigenvalue weighted by Gasteiger charge is 2.09. The topological polar surface area (TPSA) is 79.8 Å². The number of amides is 2. The number of hydrazone groups is 1. The third-order valence-electron chi connectivity index (χ3n) is 3.48. The van der Waals surface area contributed by atoms with Gasteiger partial charge in [-0.3, -0.25) is 9.59 Å². The number of halogens is 3. The maximum atomic E-state index is 12.0. The normalized spacial score (nSPS) is 10.7. The fraction of sp³-hybridized carbons (Fsp3) is 0.211. The van der Waals surface area contributed by atoms with E-state index in [2.05, 4.69) is 31.8 Å². The van der Waals surface area contributed by atoms with E-state index in [1.54, 1.807) is 12.1 Å². The molecule has 0 aliphatic rings. The molecule has 2 rings (SSSR count). The second-order valence-electron chi connectivity index (χ2n) is 5.54. The molecule has 0 aliphatic carbocycles. The molecule has 0 unspecified atom stereocenters. The zero-order valence-corrected chi connectivity index (χ0v) is 18.1. The molecule has 0 saturated carbocycles. The molecule has 0 aliphatic heterocycles. The molecule has 148 valence electrons. The first-order chi connectivity index (χ1) is 13.4. The standard InChI is InChI=1S/C19H18BrCl2N3O3/c1-2-28-17-6-4-14(20)9-13(17)11-24-25-18(26)7-8-23-19(27)12-3-5-15(21)16(22)10-12/h3-6,9-11H,2,7-8H2,1H3,(H,23,27)(H,25,26). The fourth-order valence-electron chi connectivity index (χ4n) is 2.17. The van der Waals surface area contributed by atoms with Crippen LogP contribution in [0.15, 0.2) is 46.0 Å². The van der Waals surface area contributed by atoms with Crippen LogP contribution >= 0.6 is 39.1 Å². The molecule has 2 N–H and O–H groups in total. The monoisotopic (exact) mass is 485 g/mol. The van der Waals surface area contributed by atoms with Crippen LogP contribution in [-0.4, -0.2) is 31.2 Å². The quantitative estimate of drug-likeness (QED) is 0.428. The summed E-state index contributed by atoms with van der Waals surface area (Å²) >= 11 is 15.1. The summed E-state index contributed by atoms with van der Waals surface area (Å²) in [5, 5.41) is 7.23. The Labute approximate surface area is 181 Å². The summed E-state index contributed by atoms with van der Waals surface area (Å²) in [4.78, 5) is 23.9. The number of ether oxygens (including phenoxy) is 1. The first kappa shape index (κ1) is 22.2. The van der Waals surface area contributed by atoms with Gasteiger partial charge in [0.2, 0.25) is 5.91 Å². The lowest BCUT2D eigenvalue weighted by molar-refractivity contribution is -0.120. The second-order valence-corrected chi connectivity index (χ2v) is 7.27. The molecule has 2 aromatic carbocycles. The molecule has 9 heteroatoms. The molecule has 0 bridgehead atoms. The molecule has 0 radical (unpaired) electrons. The Hall–Kier alpha value is -2.09. The van der Waals surface area contributed by atoms with E-state index in [4.69, 9.17) is 27.9 Å². The maximum Gasteiger partial charge on any atom is 0.251 e. The van der Waals surface area contributed by atoms with E-state index in [0.29, 0.717) is 28.0 Å². The van der Waals surface area contributed by atoms with Gasteiger partial charge in [-0.15, -0.1) is 0 Å². The first-order valence-electron chi connectivity index (χ1n) is 8.38. The molecule has 6 nitrogen and oxygen atoms in total. The van der Waals surface area contributed by atoms with Gasteiger partial charge in [-0.05, 0) is 43.3 Å². The lowest BCUT2D eigenvalue weighted by Gasteiger charge is -2.07. The van der Waals surface area contributed by atoms with E-state index >= 15 is 0 Å². The van der Waals surface area contributed by atoms with E-state index in [1.165, 1.54) is 12.3 Å². The summed E-state index contributed by atoms with van der Waals surface area (Å²) in [5.41, 5.74) is 3.51. The minimum absolute atomic E-state index is 0.0706. The molecule has 0 atom stereocenters. The smallest absolute Gasteiger partial charge is 0.251 e. The number of nitrogens with one attached hydrogen (secondary N) is 2. The number of carbonyl (C=O) groups is 2. The van der Waals surface area contributed by atoms with Crippen molar-refractivity contribution >= 4 is 57.2 Å². The van der Waals surface area contributed by atoms with E-state index < -0.39 is 0 Å². The summed E-state index contributed by atoms with van der Waals surface area (Å²) in [7, 11) is 0. The van der Waals surface area contributed by atoms with E-state index in [-0.39, 0.29) is 24.8 Å². The van der Waals surface area contributed by atoms with Crippen LogP contribution in [0.1, 0.15) is 29.3 Å². The Kier molecular flexibility index (Phi) is 8.76. The van der Waals surface area contributed by atoms with Crippen LogP contribution in [-0.2, 0) is 4.79 Å². The highest BCUT2D eigenvalue weighted by Crippen LogP contribution is 2.23. The number of hydrogen-bond donors (Lipinski definition) is 2. The number of benzene rings is 2. The van der Waals surface area contributed by atoms with Gasteiger partial charge in [0.25, 0.3) is 5.91 Å². The van der Waals surface area contributed by atoms with E-state index in [1.807, 2.05) is 25.1 Å². The van der Waals surface area contributed by atoms with Crippen molar-refractivity contribution < 1.29 is 14.3 Å². The highest BCUT2D eigenvalue weighted by atomic mass is 79.9. The summed E-state index contributed by atoms with van der Waals surface area (Å²) in [6, 6.07) is 10.1.